The molecule has 142 valence electrons. The molecule has 2 heterocycles. The van der Waals surface area contributed by atoms with Crippen LogP contribution in [0.3, 0.4) is 0 Å². The number of H-pyrrole nitrogens is 1. The van der Waals surface area contributed by atoms with E-state index in [1.165, 1.54) is 6.07 Å². The summed E-state index contributed by atoms with van der Waals surface area (Å²) in [5, 5.41) is 12.9. The van der Waals surface area contributed by atoms with Gasteiger partial charge in [0.05, 0.1) is 0 Å². The molecule has 1 saturated heterocycles. The third-order valence-corrected chi connectivity index (χ3v) is 3.97. The van der Waals surface area contributed by atoms with Gasteiger partial charge in [0.25, 0.3) is 11.5 Å². The fourth-order valence-electron chi connectivity index (χ4n) is 2.93. The normalized spacial score (nSPS) is 19.5. The minimum atomic E-state index is -1.45. The molecule has 9 heteroatoms. The minimum Gasteiger partial charge on any atom is -0.481 e. The van der Waals surface area contributed by atoms with Gasteiger partial charge in [0, 0.05) is 24.9 Å². The van der Waals surface area contributed by atoms with Crippen molar-refractivity contribution in [3.05, 3.63) is 57.3 Å². The van der Waals surface area contributed by atoms with E-state index < -0.39 is 23.4 Å². The fraction of sp³-hybridized carbons (Fsp3) is 0.412. The van der Waals surface area contributed by atoms with Gasteiger partial charge in [0.15, 0.2) is 17.5 Å². The van der Waals surface area contributed by atoms with Crippen LogP contribution in [0.15, 0.2) is 27.5 Å². The molecule has 1 aromatic heterocycles. The molecule has 1 aromatic carbocycles. The number of aliphatic carboxylic acids is 1. The molecule has 0 unspecified atom stereocenters. The third-order valence-electron chi connectivity index (χ3n) is 3.97. The molecule has 0 radical (unpaired) electrons. The van der Waals surface area contributed by atoms with Crippen LogP contribution in [0.4, 0.5) is 13.2 Å². The Morgan fingerprint density at radius 2 is 1.88 bits per heavy atom. The van der Waals surface area contributed by atoms with Crippen LogP contribution in [-0.2, 0) is 11.2 Å². The Balaban J connectivity index is 0.000000552. The predicted molar refractivity (Wildman–Crippen MR) is 86.4 cm³/mol. The lowest BCUT2D eigenvalue weighted by Gasteiger charge is -2.29. The molecule has 1 aliphatic heterocycles. The first-order chi connectivity index (χ1) is 12.3. The smallest absolute Gasteiger partial charge is 0.300 e. The van der Waals surface area contributed by atoms with Crippen LogP contribution in [0.1, 0.15) is 37.0 Å². The van der Waals surface area contributed by atoms with Crippen molar-refractivity contribution in [3.63, 3.8) is 0 Å². The van der Waals surface area contributed by atoms with Gasteiger partial charge in [0.1, 0.15) is 5.76 Å². The van der Waals surface area contributed by atoms with Crippen molar-refractivity contribution >= 4 is 5.97 Å². The Hall–Kier alpha value is -2.55. The second kappa shape index (κ2) is 8.70. The second-order valence-corrected chi connectivity index (χ2v) is 6.08. The van der Waals surface area contributed by atoms with Gasteiger partial charge in [-0.3, -0.25) is 9.59 Å². The van der Waals surface area contributed by atoms with Gasteiger partial charge < -0.3 is 14.9 Å². The highest BCUT2D eigenvalue weighted by Gasteiger charge is 2.26. The average Bonchev–Trinajstić information content (AvgIpc) is 2.99. The van der Waals surface area contributed by atoms with Crippen molar-refractivity contribution in [2.75, 3.05) is 6.54 Å². The minimum absolute atomic E-state index is 0.0248. The highest BCUT2D eigenvalue weighted by atomic mass is 19.2. The number of piperidine rings is 1. The summed E-state index contributed by atoms with van der Waals surface area (Å²) < 4.78 is 44.6. The Labute approximate surface area is 147 Å². The number of aromatic nitrogens is 1. The molecule has 2 aromatic rings. The van der Waals surface area contributed by atoms with E-state index in [9.17, 15) is 18.0 Å². The molecule has 6 nitrogen and oxygen atoms in total. The van der Waals surface area contributed by atoms with Crippen LogP contribution in [0.25, 0.3) is 0 Å². The van der Waals surface area contributed by atoms with Crippen molar-refractivity contribution in [3.8, 4) is 0 Å². The highest BCUT2D eigenvalue weighted by Crippen LogP contribution is 2.28. The summed E-state index contributed by atoms with van der Waals surface area (Å²) in [5.41, 5.74) is 0.109. The average molecular weight is 372 g/mol. The van der Waals surface area contributed by atoms with E-state index >= 15 is 0 Å². The number of rotatable bonds is 3. The lowest BCUT2D eigenvalue weighted by Crippen LogP contribution is -2.38. The van der Waals surface area contributed by atoms with E-state index in [1.807, 2.05) is 0 Å². The second-order valence-electron chi connectivity index (χ2n) is 6.08. The van der Waals surface area contributed by atoms with Gasteiger partial charge in [0.2, 0.25) is 0 Å². The maximum atomic E-state index is 13.2. The highest BCUT2D eigenvalue weighted by molar-refractivity contribution is 5.62. The van der Waals surface area contributed by atoms with Gasteiger partial charge in [-0.1, -0.05) is 0 Å². The van der Waals surface area contributed by atoms with E-state index in [4.69, 9.17) is 14.4 Å². The zero-order valence-corrected chi connectivity index (χ0v) is 14.0. The largest absolute Gasteiger partial charge is 0.481 e. The van der Waals surface area contributed by atoms with Gasteiger partial charge >= 0.3 is 0 Å². The number of nitrogens with one attached hydrogen (secondary N) is 2. The van der Waals surface area contributed by atoms with E-state index in [1.54, 1.807) is 0 Å². The van der Waals surface area contributed by atoms with Gasteiger partial charge in [-0.05, 0) is 43.5 Å². The predicted octanol–water partition coefficient (Wildman–Crippen LogP) is 2.55. The van der Waals surface area contributed by atoms with Crippen LogP contribution in [0.2, 0.25) is 0 Å². The summed E-state index contributed by atoms with van der Waals surface area (Å²) in [4.78, 5) is 20.1. The molecule has 0 amide bonds. The molecule has 0 aliphatic carbocycles. The summed E-state index contributed by atoms with van der Waals surface area (Å²) in [6, 6.07) is 3.42. The van der Waals surface area contributed by atoms with Gasteiger partial charge in [-0.15, -0.1) is 0 Å². The summed E-state index contributed by atoms with van der Waals surface area (Å²) in [6.07, 6.45) is 1.85. The number of hydrogen-bond acceptors (Lipinski definition) is 4. The molecule has 1 fully saturated rings. The lowest BCUT2D eigenvalue weighted by molar-refractivity contribution is -0.134. The first-order valence-corrected chi connectivity index (χ1v) is 8.01. The molecule has 3 N–H and O–H groups in total. The monoisotopic (exact) mass is 372 g/mol. The number of carbonyl (C=O) groups is 1. The van der Waals surface area contributed by atoms with Crippen LogP contribution >= 0.6 is 0 Å². The number of carboxylic acids is 1. The van der Waals surface area contributed by atoms with Crippen molar-refractivity contribution in [1.29, 1.82) is 0 Å². The molecular formula is C17H19F3N2O4. The number of halogens is 3. The quantitative estimate of drug-likeness (QED) is 0.720. The molecule has 0 saturated carbocycles. The van der Waals surface area contributed by atoms with E-state index in [0.29, 0.717) is 30.7 Å². The van der Waals surface area contributed by atoms with E-state index in [0.717, 1.165) is 25.5 Å². The SMILES string of the molecule is CC(=O)O.O=c1cc([C@@H]2CCN[C@@H](Cc3cc(F)c(F)c(F)c3)C2)o[nH]1. The topological polar surface area (TPSA) is 95.3 Å². The van der Waals surface area contributed by atoms with Crippen LogP contribution < -0.4 is 10.9 Å². The first kappa shape index (κ1) is 19.8. The summed E-state index contributed by atoms with van der Waals surface area (Å²) in [6.45, 7) is 1.79. The van der Waals surface area contributed by atoms with Crippen molar-refractivity contribution in [1.82, 2.24) is 10.5 Å². The van der Waals surface area contributed by atoms with Crippen molar-refractivity contribution in [2.24, 2.45) is 0 Å². The number of hydrogen-bond donors (Lipinski definition) is 3. The van der Waals surface area contributed by atoms with Gasteiger partial charge in [-0.2, -0.15) is 5.16 Å². The summed E-state index contributed by atoms with van der Waals surface area (Å²) in [7, 11) is 0. The molecule has 1 aliphatic rings. The van der Waals surface area contributed by atoms with Crippen molar-refractivity contribution < 1.29 is 27.6 Å². The Kier molecular flexibility index (Phi) is 6.62. The fourth-order valence-corrected chi connectivity index (χ4v) is 2.93. The molecule has 0 bridgehead atoms. The Bertz CT molecular complexity index is 791. The number of carboxylic acid groups (broad SMARTS) is 1. The summed E-state index contributed by atoms with van der Waals surface area (Å²) in [5.74, 6) is -3.99. The Morgan fingerprint density at radius 1 is 1.27 bits per heavy atom. The molecule has 0 spiro atoms. The standard InChI is InChI=1S/C15H15F3N2O2.C2H4O2/c16-11-4-8(5-12(17)15(11)18)3-10-6-9(1-2-19-10)13-7-14(21)20-22-13;1-2(3)4/h4-5,7,9-10,19H,1-3,6H2,(H,20,21);1H3,(H,3,4)/t9-,10+;/m1./s1. The molecule has 2 atom stereocenters. The van der Waals surface area contributed by atoms with Crippen LogP contribution in [0.5, 0.6) is 0 Å². The lowest BCUT2D eigenvalue weighted by atomic mass is 9.87. The maximum Gasteiger partial charge on any atom is 0.300 e. The Morgan fingerprint density at radius 3 is 2.42 bits per heavy atom. The zero-order chi connectivity index (χ0) is 19.3. The maximum absolute atomic E-state index is 13.2. The third kappa shape index (κ3) is 5.48. The van der Waals surface area contributed by atoms with Gasteiger partial charge in [-0.25, -0.2) is 13.2 Å². The van der Waals surface area contributed by atoms with E-state index in [2.05, 4.69) is 10.5 Å². The molecular weight excluding hydrogens is 353 g/mol. The van der Waals surface area contributed by atoms with Crippen molar-refractivity contribution in [2.45, 2.75) is 38.1 Å². The van der Waals surface area contributed by atoms with Crippen LogP contribution in [-0.4, -0.2) is 28.8 Å². The number of benzene rings is 1. The molecule has 3 rings (SSSR count). The summed E-state index contributed by atoms with van der Waals surface area (Å²) >= 11 is 0. The molecule has 26 heavy (non-hydrogen) atoms. The first-order valence-electron chi connectivity index (χ1n) is 8.01. The van der Waals surface area contributed by atoms with E-state index in [-0.39, 0.29) is 17.5 Å². The van der Waals surface area contributed by atoms with Crippen LogP contribution in [0, 0.1) is 17.5 Å². The number of aromatic amines is 1. The zero-order valence-electron chi connectivity index (χ0n) is 14.0.